The summed E-state index contributed by atoms with van der Waals surface area (Å²) in [5, 5.41) is 8.92. The molecule has 0 aliphatic heterocycles. The fourth-order valence-corrected chi connectivity index (χ4v) is 3.68. The lowest BCUT2D eigenvalue weighted by Crippen LogP contribution is -2.34. The first-order valence-electron chi connectivity index (χ1n) is 6.40. The molecule has 0 saturated heterocycles. The lowest BCUT2D eigenvalue weighted by molar-refractivity contribution is 0.281. The van der Waals surface area contributed by atoms with Crippen LogP contribution >= 0.6 is 0 Å². The maximum Gasteiger partial charge on any atom is 0.258 e. The van der Waals surface area contributed by atoms with E-state index in [2.05, 4.69) is 23.6 Å². The third-order valence-electron chi connectivity index (χ3n) is 3.55. The third-order valence-corrected chi connectivity index (χ3v) is 4.98. The number of hydrogen-bond acceptors (Lipinski definition) is 4. The van der Waals surface area contributed by atoms with Crippen LogP contribution in [0.1, 0.15) is 38.7 Å². The van der Waals surface area contributed by atoms with Gasteiger partial charge >= 0.3 is 0 Å². The molecule has 2 rings (SSSR count). The van der Waals surface area contributed by atoms with Gasteiger partial charge in [-0.15, -0.1) is 0 Å². The second kappa shape index (κ2) is 5.19. The highest BCUT2D eigenvalue weighted by atomic mass is 32.2. The fourth-order valence-electron chi connectivity index (χ4n) is 2.48. The van der Waals surface area contributed by atoms with Crippen molar-refractivity contribution in [1.82, 2.24) is 9.71 Å². The zero-order chi connectivity index (χ0) is 14.1. The molecule has 1 aliphatic rings. The van der Waals surface area contributed by atoms with Crippen molar-refractivity contribution in [3.63, 3.8) is 0 Å². The van der Waals surface area contributed by atoms with E-state index >= 15 is 0 Å². The zero-order valence-corrected chi connectivity index (χ0v) is 12.1. The number of sulfonamides is 1. The van der Waals surface area contributed by atoms with Crippen LogP contribution in [0.5, 0.6) is 0 Å². The molecule has 0 amide bonds. The van der Waals surface area contributed by atoms with Crippen molar-refractivity contribution in [1.29, 1.82) is 0 Å². The highest BCUT2D eigenvalue weighted by molar-refractivity contribution is 7.89. The molecule has 0 radical (unpaired) electrons. The van der Waals surface area contributed by atoms with Crippen LogP contribution in [0.4, 0.5) is 0 Å². The van der Waals surface area contributed by atoms with Gasteiger partial charge < -0.3 is 5.11 Å². The Labute approximate surface area is 114 Å². The number of aliphatic hydroxyl groups is 1. The number of nitrogens with one attached hydrogen (secondary N) is 1. The number of pyridine rings is 1. The molecule has 1 fully saturated rings. The molecule has 1 unspecified atom stereocenters. The summed E-state index contributed by atoms with van der Waals surface area (Å²) in [6.07, 6.45) is 4.12. The van der Waals surface area contributed by atoms with E-state index in [1.807, 2.05) is 0 Å². The summed E-state index contributed by atoms with van der Waals surface area (Å²) >= 11 is 0. The highest BCUT2D eigenvalue weighted by Gasteiger charge is 2.33. The molecule has 2 N–H and O–H groups in total. The van der Waals surface area contributed by atoms with Crippen LogP contribution in [-0.2, 0) is 16.6 Å². The molecule has 1 aromatic rings. The molecule has 1 atom stereocenters. The number of rotatable bonds is 4. The van der Waals surface area contributed by atoms with Crippen LogP contribution in [0.15, 0.2) is 23.4 Å². The Kier molecular flexibility index (Phi) is 3.94. The van der Waals surface area contributed by atoms with Crippen LogP contribution in [0.2, 0.25) is 0 Å². The first kappa shape index (κ1) is 14.4. The summed E-state index contributed by atoms with van der Waals surface area (Å²) in [7, 11) is -3.56. The van der Waals surface area contributed by atoms with E-state index in [4.69, 9.17) is 5.11 Å². The van der Waals surface area contributed by atoms with Crippen molar-refractivity contribution >= 4 is 10.0 Å². The van der Waals surface area contributed by atoms with Gasteiger partial charge in [-0.3, -0.25) is 0 Å². The zero-order valence-electron chi connectivity index (χ0n) is 11.3. The summed E-state index contributed by atoms with van der Waals surface area (Å²) in [5.41, 5.74) is 0.794. The molecule has 0 aromatic carbocycles. The summed E-state index contributed by atoms with van der Waals surface area (Å²) in [6.45, 7) is 4.16. The molecule has 19 heavy (non-hydrogen) atoms. The lowest BCUT2D eigenvalue weighted by atomic mass is 9.92. The van der Waals surface area contributed by atoms with Gasteiger partial charge in [-0.2, -0.15) is 0 Å². The minimum atomic E-state index is -3.56. The van der Waals surface area contributed by atoms with Gasteiger partial charge in [0.2, 0.25) is 0 Å². The first-order valence-corrected chi connectivity index (χ1v) is 7.89. The van der Waals surface area contributed by atoms with Gasteiger partial charge in [0.15, 0.2) is 5.03 Å². The molecule has 5 nitrogen and oxygen atoms in total. The summed E-state index contributed by atoms with van der Waals surface area (Å²) in [5.74, 6) is 0. The van der Waals surface area contributed by atoms with E-state index in [0.717, 1.165) is 19.3 Å². The minimum absolute atomic E-state index is 0.00871. The standard InChI is InChI=1S/C13H20N2O3S/c1-13(2)6-5-11(7-13)15-19(17,18)12-4-3-10(9-16)8-14-12/h3-4,8,11,15-16H,5-7,9H2,1-2H3. The van der Waals surface area contributed by atoms with Gasteiger partial charge in [0.25, 0.3) is 10.0 Å². The Morgan fingerprint density at radius 1 is 1.47 bits per heavy atom. The van der Waals surface area contributed by atoms with Gasteiger partial charge in [-0.1, -0.05) is 19.9 Å². The first-order chi connectivity index (χ1) is 8.82. The fraction of sp³-hybridized carbons (Fsp3) is 0.615. The Bertz CT molecular complexity index is 538. The highest BCUT2D eigenvalue weighted by Crippen LogP contribution is 2.37. The van der Waals surface area contributed by atoms with Gasteiger partial charge in [-0.25, -0.2) is 18.1 Å². The SMILES string of the molecule is CC1(C)CCC(NS(=O)(=O)c2ccc(CO)cn2)C1. The van der Waals surface area contributed by atoms with Crippen molar-refractivity contribution in [2.45, 2.75) is 50.8 Å². The van der Waals surface area contributed by atoms with Gasteiger partial charge in [0.05, 0.1) is 6.61 Å². The van der Waals surface area contributed by atoms with Crippen molar-refractivity contribution < 1.29 is 13.5 Å². The molecular formula is C13H20N2O3S. The van der Waals surface area contributed by atoms with Gasteiger partial charge in [0.1, 0.15) is 0 Å². The Hall–Kier alpha value is -0.980. The normalized spacial score (nSPS) is 22.6. The molecule has 6 heteroatoms. The smallest absolute Gasteiger partial charge is 0.258 e. The third kappa shape index (κ3) is 3.52. The second-order valence-electron chi connectivity index (χ2n) is 5.89. The maximum absolute atomic E-state index is 12.2. The largest absolute Gasteiger partial charge is 0.392 e. The van der Waals surface area contributed by atoms with Crippen LogP contribution < -0.4 is 4.72 Å². The van der Waals surface area contributed by atoms with E-state index in [1.165, 1.54) is 12.3 Å². The van der Waals surface area contributed by atoms with E-state index in [1.54, 1.807) is 6.07 Å². The van der Waals surface area contributed by atoms with E-state index < -0.39 is 10.0 Å². The predicted octanol–water partition coefficient (Wildman–Crippen LogP) is 1.43. The number of hydrogen-bond donors (Lipinski definition) is 2. The molecule has 0 spiro atoms. The molecule has 1 saturated carbocycles. The Morgan fingerprint density at radius 3 is 2.68 bits per heavy atom. The summed E-state index contributed by atoms with van der Waals surface area (Å²) in [6, 6.07) is 2.98. The van der Waals surface area contributed by atoms with Crippen molar-refractivity contribution in [2.24, 2.45) is 5.41 Å². The second-order valence-corrected chi connectivity index (χ2v) is 7.55. The van der Waals surface area contributed by atoms with Gasteiger partial charge in [-0.05, 0) is 36.3 Å². The predicted molar refractivity (Wildman–Crippen MR) is 71.9 cm³/mol. The van der Waals surface area contributed by atoms with Crippen LogP contribution in [0.25, 0.3) is 0 Å². The molecule has 1 aliphatic carbocycles. The molecular weight excluding hydrogens is 264 g/mol. The van der Waals surface area contributed by atoms with Crippen LogP contribution in [0.3, 0.4) is 0 Å². The molecule has 1 aromatic heterocycles. The van der Waals surface area contributed by atoms with Crippen LogP contribution in [-0.4, -0.2) is 24.6 Å². The van der Waals surface area contributed by atoms with Crippen molar-refractivity contribution in [2.75, 3.05) is 0 Å². The summed E-state index contributed by atoms with van der Waals surface area (Å²) in [4.78, 5) is 3.89. The molecule has 106 valence electrons. The van der Waals surface area contributed by atoms with Gasteiger partial charge in [0, 0.05) is 12.2 Å². The Balaban J connectivity index is 2.10. The average Bonchev–Trinajstić information content (AvgIpc) is 2.68. The lowest BCUT2D eigenvalue weighted by Gasteiger charge is -2.17. The van der Waals surface area contributed by atoms with E-state index in [-0.39, 0.29) is 23.1 Å². The summed E-state index contributed by atoms with van der Waals surface area (Å²) < 4.78 is 27.0. The topological polar surface area (TPSA) is 79.3 Å². The molecule has 0 bridgehead atoms. The monoisotopic (exact) mass is 284 g/mol. The minimum Gasteiger partial charge on any atom is -0.392 e. The number of aromatic nitrogens is 1. The number of aliphatic hydroxyl groups excluding tert-OH is 1. The Morgan fingerprint density at radius 2 is 2.21 bits per heavy atom. The van der Waals surface area contributed by atoms with E-state index in [9.17, 15) is 8.42 Å². The van der Waals surface area contributed by atoms with Crippen LogP contribution in [0, 0.1) is 5.41 Å². The average molecular weight is 284 g/mol. The van der Waals surface area contributed by atoms with E-state index in [0.29, 0.717) is 5.56 Å². The molecule has 1 heterocycles. The number of nitrogens with zero attached hydrogens (tertiary/aromatic N) is 1. The maximum atomic E-state index is 12.2. The quantitative estimate of drug-likeness (QED) is 0.876. The van der Waals surface area contributed by atoms with Crippen molar-refractivity contribution in [3.05, 3.63) is 23.9 Å². The van der Waals surface area contributed by atoms with Crippen molar-refractivity contribution in [3.8, 4) is 0 Å².